The average molecular weight is 313 g/mol. The van der Waals surface area contributed by atoms with Gasteiger partial charge in [-0.3, -0.25) is 4.79 Å². The van der Waals surface area contributed by atoms with Gasteiger partial charge in [0.05, 0.1) is 6.10 Å². The van der Waals surface area contributed by atoms with Crippen LogP contribution in [-0.2, 0) is 6.61 Å². The third kappa shape index (κ3) is 5.75. The lowest BCUT2D eigenvalue weighted by molar-refractivity contribution is 0.0941. The summed E-state index contributed by atoms with van der Waals surface area (Å²) in [6, 6.07) is 17.0. The Morgan fingerprint density at radius 2 is 1.96 bits per heavy atom. The van der Waals surface area contributed by atoms with Gasteiger partial charge >= 0.3 is 0 Å². The van der Waals surface area contributed by atoms with Crippen molar-refractivity contribution in [3.05, 3.63) is 65.7 Å². The van der Waals surface area contributed by atoms with Crippen molar-refractivity contribution >= 4 is 5.91 Å². The number of carbonyl (C=O) groups excluding carboxylic acids is 1. The number of ether oxygens (including phenoxy) is 1. The highest BCUT2D eigenvalue weighted by atomic mass is 16.5. The Bertz CT molecular complexity index is 613. The van der Waals surface area contributed by atoms with Gasteiger partial charge in [0.15, 0.2) is 0 Å². The lowest BCUT2D eigenvalue weighted by Gasteiger charge is -2.10. The molecule has 0 heterocycles. The summed E-state index contributed by atoms with van der Waals surface area (Å²) in [6.07, 6.45) is 0.890. The van der Waals surface area contributed by atoms with E-state index in [2.05, 4.69) is 5.32 Å². The van der Waals surface area contributed by atoms with Crippen LogP contribution in [0.15, 0.2) is 54.6 Å². The quantitative estimate of drug-likeness (QED) is 0.787. The van der Waals surface area contributed by atoms with Gasteiger partial charge in [0.2, 0.25) is 0 Å². The van der Waals surface area contributed by atoms with Gasteiger partial charge in [0.25, 0.3) is 5.91 Å². The summed E-state index contributed by atoms with van der Waals surface area (Å²) < 4.78 is 5.72. The van der Waals surface area contributed by atoms with Crippen molar-refractivity contribution in [2.24, 2.45) is 0 Å². The van der Waals surface area contributed by atoms with Gasteiger partial charge in [-0.15, -0.1) is 0 Å². The Morgan fingerprint density at radius 3 is 2.70 bits per heavy atom. The van der Waals surface area contributed by atoms with Crippen molar-refractivity contribution in [2.75, 3.05) is 6.54 Å². The van der Waals surface area contributed by atoms with E-state index in [0.717, 1.165) is 5.56 Å². The molecular weight excluding hydrogens is 290 g/mol. The fraction of sp³-hybridized carbons (Fsp3) is 0.316. The van der Waals surface area contributed by atoms with E-state index in [1.807, 2.05) is 43.3 Å². The minimum atomic E-state index is -0.365. The van der Waals surface area contributed by atoms with E-state index < -0.39 is 0 Å². The average Bonchev–Trinajstić information content (AvgIpc) is 2.60. The van der Waals surface area contributed by atoms with Gasteiger partial charge in [0.1, 0.15) is 12.4 Å². The maximum Gasteiger partial charge on any atom is 0.251 e. The van der Waals surface area contributed by atoms with Crippen LogP contribution in [0, 0.1) is 0 Å². The zero-order valence-electron chi connectivity index (χ0n) is 13.4. The first-order chi connectivity index (χ1) is 11.2. The third-order valence-corrected chi connectivity index (χ3v) is 3.58. The number of nitrogens with one attached hydrogen (secondary N) is 1. The van der Waals surface area contributed by atoms with E-state index >= 15 is 0 Å². The Morgan fingerprint density at radius 1 is 1.17 bits per heavy atom. The molecule has 1 amide bonds. The van der Waals surface area contributed by atoms with Crippen LogP contribution in [-0.4, -0.2) is 23.7 Å². The van der Waals surface area contributed by atoms with Crippen LogP contribution in [0.1, 0.15) is 35.7 Å². The molecule has 0 radical (unpaired) electrons. The summed E-state index contributed by atoms with van der Waals surface area (Å²) in [7, 11) is 0. The summed E-state index contributed by atoms with van der Waals surface area (Å²) >= 11 is 0. The van der Waals surface area contributed by atoms with Crippen molar-refractivity contribution in [1.82, 2.24) is 5.32 Å². The summed E-state index contributed by atoms with van der Waals surface area (Å²) in [6.45, 7) is 2.84. The number of hydrogen-bond acceptors (Lipinski definition) is 3. The van der Waals surface area contributed by atoms with Crippen LogP contribution in [0.5, 0.6) is 5.75 Å². The fourth-order valence-corrected chi connectivity index (χ4v) is 2.13. The predicted octanol–water partition coefficient (Wildman–Crippen LogP) is 3.16. The maximum absolute atomic E-state index is 12.1. The Kier molecular flexibility index (Phi) is 6.63. The van der Waals surface area contributed by atoms with E-state index in [1.54, 1.807) is 18.2 Å². The molecule has 0 saturated carbocycles. The number of benzene rings is 2. The number of aliphatic hydroxyl groups excluding tert-OH is 1. The lowest BCUT2D eigenvalue weighted by Crippen LogP contribution is -2.27. The second-order valence-electron chi connectivity index (χ2n) is 5.41. The van der Waals surface area contributed by atoms with Gasteiger partial charge in [-0.2, -0.15) is 0 Å². The summed E-state index contributed by atoms with van der Waals surface area (Å²) in [5.74, 6) is 0.508. The van der Waals surface area contributed by atoms with Crippen LogP contribution in [0.2, 0.25) is 0 Å². The zero-order chi connectivity index (χ0) is 16.5. The van der Waals surface area contributed by atoms with Gasteiger partial charge < -0.3 is 15.2 Å². The van der Waals surface area contributed by atoms with Gasteiger partial charge in [-0.25, -0.2) is 0 Å². The molecule has 0 spiro atoms. The summed E-state index contributed by atoms with van der Waals surface area (Å²) in [5, 5.41) is 12.3. The second-order valence-corrected chi connectivity index (χ2v) is 5.41. The lowest BCUT2D eigenvalue weighted by atomic mass is 10.2. The zero-order valence-corrected chi connectivity index (χ0v) is 13.4. The minimum Gasteiger partial charge on any atom is -0.489 e. The van der Waals surface area contributed by atoms with Crippen molar-refractivity contribution in [3.63, 3.8) is 0 Å². The second kappa shape index (κ2) is 8.96. The molecule has 0 bridgehead atoms. The van der Waals surface area contributed by atoms with Gasteiger partial charge in [-0.1, -0.05) is 43.3 Å². The standard InChI is InChI=1S/C19H23NO3/c1-2-17(21)11-12-20-19(22)16-9-6-10-18(13-16)23-14-15-7-4-3-5-8-15/h3-10,13,17,21H,2,11-12,14H2,1H3,(H,20,22). The highest BCUT2D eigenvalue weighted by Crippen LogP contribution is 2.15. The maximum atomic E-state index is 12.1. The number of amides is 1. The molecule has 0 fully saturated rings. The molecule has 0 saturated heterocycles. The largest absolute Gasteiger partial charge is 0.489 e. The Hall–Kier alpha value is -2.33. The monoisotopic (exact) mass is 313 g/mol. The van der Waals surface area contributed by atoms with Gasteiger partial charge in [-0.05, 0) is 36.6 Å². The van der Waals surface area contributed by atoms with Crippen molar-refractivity contribution < 1.29 is 14.6 Å². The minimum absolute atomic E-state index is 0.154. The van der Waals surface area contributed by atoms with Crippen LogP contribution >= 0.6 is 0 Å². The van der Waals surface area contributed by atoms with Gasteiger partial charge in [0, 0.05) is 12.1 Å². The smallest absolute Gasteiger partial charge is 0.251 e. The number of carbonyl (C=O) groups is 1. The molecule has 122 valence electrons. The summed E-state index contributed by atoms with van der Waals surface area (Å²) in [5.41, 5.74) is 1.64. The highest BCUT2D eigenvalue weighted by Gasteiger charge is 2.08. The SMILES string of the molecule is CCC(O)CCNC(=O)c1cccc(OCc2ccccc2)c1. The van der Waals surface area contributed by atoms with E-state index in [4.69, 9.17) is 4.74 Å². The molecule has 1 unspecified atom stereocenters. The number of rotatable bonds is 8. The van der Waals surface area contributed by atoms with Crippen LogP contribution in [0.4, 0.5) is 0 Å². The highest BCUT2D eigenvalue weighted by molar-refractivity contribution is 5.94. The molecule has 4 nitrogen and oxygen atoms in total. The number of hydrogen-bond donors (Lipinski definition) is 2. The predicted molar refractivity (Wildman–Crippen MR) is 90.5 cm³/mol. The Balaban J connectivity index is 1.87. The molecule has 2 aromatic rings. The molecule has 4 heteroatoms. The first kappa shape index (κ1) is 17.0. The molecule has 0 aliphatic rings. The van der Waals surface area contributed by atoms with Crippen LogP contribution in [0.3, 0.4) is 0 Å². The molecular formula is C19H23NO3. The first-order valence-corrected chi connectivity index (χ1v) is 7.92. The van der Waals surface area contributed by atoms with E-state index in [0.29, 0.717) is 37.3 Å². The molecule has 2 N–H and O–H groups in total. The molecule has 0 aliphatic carbocycles. The third-order valence-electron chi connectivity index (χ3n) is 3.58. The topological polar surface area (TPSA) is 58.6 Å². The van der Waals surface area contributed by atoms with Crippen LogP contribution < -0.4 is 10.1 Å². The molecule has 23 heavy (non-hydrogen) atoms. The molecule has 1 atom stereocenters. The van der Waals surface area contributed by atoms with E-state index in [-0.39, 0.29) is 12.0 Å². The van der Waals surface area contributed by atoms with Crippen LogP contribution in [0.25, 0.3) is 0 Å². The van der Waals surface area contributed by atoms with Crippen molar-refractivity contribution in [1.29, 1.82) is 0 Å². The fourth-order valence-electron chi connectivity index (χ4n) is 2.13. The molecule has 2 rings (SSSR count). The summed E-state index contributed by atoms with van der Waals surface area (Å²) in [4.78, 5) is 12.1. The van der Waals surface area contributed by atoms with E-state index in [1.165, 1.54) is 0 Å². The first-order valence-electron chi connectivity index (χ1n) is 7.92. The molecule has 0 aliphatic heterocycles. The molecule has 0 aromatic heterocycles. The normalized spacial score (nSPS) is 11.7. The van der Waals surface area contributed by atoms with Crippen molar-refractivity contribution in [3.8, 4) is 5.75 Å². The Labute approximate surface area is 137 Å². The molecule has 2 aromatic carbocycles. The number of aliphatic hydroxyl groups is 1. The van der Waals surface area contributed by atoms with E-state index in [9.17, 15) is 9.90 Å². The van der Waals surface area contributed by atoms with Crippen molar-refractivity contribution in [2.45, 2.75) is 32.5 Å².